The number of hydrogen-bond acceptors (Lipinski definition) is 5. The lowest BCUT2D eigenvalue weighted by Crippen LogP contribution is -2.55. The van der Waals surface area contributed by atoms with E-state index < -0.39 is 18.1 Å². The van der Waals surface area contributed by atoms with Gasteiger partial charge in [0.1, 0.15) is 18.4 Å². The summed E-state index contributed by atoms with van der Waals surface area (Å²) in [6.45, 7) is 2.97. The van der Waals surface area contributed by atoms with Crippen molar-refractivity contribution in [3.05, 3.63) is 71.3 Å². The fourth-order valence-corrected chi connectivity index (χ4v) is 5.53. The molecule has 202 valence electrons. The second-order valence-corrected chi connectivity index (χ2v) is 10.5. The van der Waals surface area contributed by atoms with E-state index in [0.717, 1.165) is 29.4 Å². The van der Waals surface area contributed by atoms with Crippen LogP contribution in [0.15, 0.2) is 54.6 Å². The van der Waals surface area contributed by atoms with E-state index in [4.69, 9.17) is 5.73 Å². The maximum atomic E-state index is 13.8. The number of hydrogen-bond donors (Lipinski definition) is 2. The summed E-state index contributed by atoms with van der Waals surface area (Å²) in [6.07, 6.45) is 4.48. The van der Waals surface area contributed by atoms with Gasteiger partial charge in [-0.15, -0.1) is 0 Å². The minimum Gasteiger partial charge on any atom is -0.344 e. The predicted octanol–water partition coefficient (Wildman–Crippen LogP) is 2.16. The van der Waals surface area contributed by atoms with Crippen molar-refractivity contribution in [3.63, 3.8) is 0 Å². The van der Waals surface area contributed by atoms with Crippen LogP contribution in [0.5, 0.6) is 0 Å². The third-order valence-electron chi connectivity index (χ3n) is 7.54. The molecule has 2 aromatic rings. The van der Waals surface area contributed by atoms with Gasteiger partial charge in [-0.2, -0.15) is 0 Å². The molecule has 0 unspecified atom stereocenters. The Kier molecular flexibility index (Phi) is 9.29. The van der Waals surface area contributed by atoms with Gasteiger partial charge in [0.15, 0.2) is 0 Å². The summed E-state index contributed by atoms with van der Waals surface area (Å²) in [7, 11) is 0. The van der Waals surface area contributed by atoms with Gasteiger partial charge in [-0.3, -0.25) is 14.4 Å². The fraction of sp³-hybridized carbons (Fsp3) is 0.467. The van der Waals surface area contributed by atoms with Crippen molar-refractivity contribution in [1.29, 1.82) is 0 Å². The molecular formula is C30H38N4O4. The molecular weight excluding hydrogens is 480 g/mol. The molecule has 2 aromatic carbocycles. The molecule has 2 aliphatic heterocycles. The number of nitrogens with one attached hydrogen (secondary N) is 1. The molecule has 38 heavy (non-hydrogen) atoms. The molecule has 2 aliphatic rings. The molecule has 3 amide bonds. The van der Waals surface area contributed by atoms with Crippen molar-refractivity contribution < 1.29 is 19.2 Å². The Morgan fingerprint density at radius 1 is 0.947 bits per heavy atom. The quantitative estimate of drug-likeness (QED) is 0.468. The average Bonchev–Trinajstić information content (AvgIpc) is 3.59. The highest BCUT2D eigenvalue weighted by atomic mass is 16.2. The number of rotatable bonds is 10. The molecule has 8 heteroatoms. The van der Waals surface area contributed by atoms with Crippen LogP contribution in [-0.2, 0) is 32.0 Å². The summed E-state index contributed by atoms with van der Waals surface area (Å²) in [5.41, 5.74) is 9.35. The average molecular weight is 519 g/mol. The summed E-state index contributed by atoms with van der Waals surface area (Å²) >= 11 is 0. The first-order valence-electron chi connectivity index (χ1n) is 13.6. The van der Waals surface area contributed by atoms with E-state index in [1.807, 2.05) is 61.5 Å². The molecule has 2 heterocycles. The number of aryl methyl sites for hydroxylation is 1. The molecule has 0 aliphatic carbocycles. The molecule has 4 rings (SSSR count). The Hall–Kier alpha value is -3.52. The van der Waals surface area contributed by atoms with Gasteiger partial charge >= 0.3 is 0 Å². The van der Waals surface area contributed by atoms with E-state index in [0.29, 0.717) is 45.2 Å². The molecule has 8 nitrogen and oxygen atoms in total. The summed E-state index contributed by atoms with van der Waals surface area (Å²) < 4.78 is 0. The van der Waals surface area contributed by atoms with Crippen LogP contribution in [0.25, 0.3) is 0 Å². The van der Waals surface area contributed by atoms with Crippen LogP contribution in [-0.4, -0.2) is 71.1 Å². The molecule has 0 saturated carbocycles. The van der Waals surface area contributed by atoms with Crippen molar-refractivity contribution in [1.82, 2.24) is 15.1 Å². The second-order valence-electron chi connectivity index (χ2n) is 10.5. The SMILES string of the molecule is Cc1ccc(C[C@H](NC(=O)C[C@@H](N)Cc2ccccc2)C(=O)N2CCC[C@H]2C(=O)N2CCC[C@H]2C=O)cc1. The number of carbonyl (C=O) groups is 4. The van der Waals surface area contributed by atoms with Crippen molar-refractivity contribution in [3.8, 4) is 0 Å². The standard InChI is InChI=1S/C30H38N4O4/c1-21-11-13-23(14-12-21)18-26(32-28(36)19-24(31)17-22-7-3-2-4-8-22)29(37)34-16-6-10-27(34)30(38)33-15-5-9-25(33)20-35/h2-4,7-8,11-14,20,24-27H,5-6,9-10,15-19,31H2,1H3,(H,32,36)/t24-,25-,26-,27-/m0/s1. The lowest BCUT2D eigenvalue weighted by atomic mass is 10.0. The van der Waals surface area contributed by atoms with Crippen molar-refractivity contribution in [2.24, 2.45) is 5.73 Å². The monoisotopic (exact) mass is 518 g/mol. The van der Waals surface area contributed by atoms with Gasteiger partial charge in [-0.05, 0) is 50.2 Å². The summed E-state index contributed by atoms with van der Waals surface area (Å²) in [5, 5.41) is 2.93. The largest absolute Gasteiger partial charge is 0.344 e. The van der Waals surface area contributed by atoms with Crippen molar-refractivity contribution in [2.45, 2.75) is 76.0 Å². The Bertz CT molecular complexity index is 1120. The molecule has 3 N–H and O–H groups in total. The zero-order valence-corrected chi connectivity index (χ0v) is 22.1. The van der Waals surface area contributed by atoms with Crippen LogP contribution in [0.3, 0.4) is 0 Å². The highest BCUT2D eigenvalue weighted by Gasteiger charge is 2.41. The highest BCUT2D eigenvalue weighted by Crippen LogP contribution is 2.25. The van der Waals surface area contributed by atoms with E-state index in [-0.39, 0.29) is 30.2 Å². The maximum Gasteiger partial charge on any atom is 0.246 e. The van der Waals surface area contributed by atoms with E-state index in [1.54, 1.807) is 9.80 Å². The molecule has 2 fully saturated rings. The van der Waals surface area contributed by atoms with E-state index in [1.165, 1.54) is 0 Å². The van der Waals surface area contributed by atoms with Crippen molar-refractivity contribution >= 4 is 24.0 Å². The maximum absolute atomic E-state index is 13.8. The minimum atomic E-state index is -0.817. The Balaban J connectivity index is 1.47. The Labute approximate surface area is 224 Å². The zero-order chi connectivity index (χ0) is 27.1. The highest BCUT2D eigenvalue weighted by molar-refractivity contribution is 5.93. The first kappa shape index (κ1) is 27.5. The van der Waals surface area contributed by atoms with E-state index >= 15 is 0 Å². The number of likely N-dealkylation sites (tertiary alicyclic amines) is 2. The lowest BCUT2D eigenvalue weighted by molar-refractivity contribution is -0.146. The summed E-state index contributed by atoms with van der Waals surface area (Å²) in [4.78, 5) is 55.0. The summed E-state index contributed by atoms with van der Waals surface area (Å²) in [6, 6.07) is 15.4. The molecule has 4 atom stereocenters. The van der Waals surface area contributed by atoms with Gasteiger partial charge < -0.3 is 25.6 Å². The molecule has 2 saturated heterocycles. The second kappa shape index (κ2) is 12.8. The van der Waals surface area contributed by atoms with Crippen LogP contribution >= 0.6 is 0 Å². The first-order chi connectivity index (χ1) is 18.4. The third-order valence-corrected chi connectivity index (χ3v) is 7.54. The van der Waals surface area contributed by atoms with Crippen molar-refractivity contribution in [2.75, 3.05) is 13.1 Å². The number of aldehydes is 1. The van der Waals surface area contributed by atoms with Gasteiger partial charge in [0.2, 0.25) is 17.7 Å². The number of amides is 3. The lowest BCUT2D eigenvalue weighted by Gasteiger charge is -2.32. The van der Waals surface area contributed by atoms with Crippen LogP contribution in [0.4, 0.5) is 0 Å². The molecule has 0 spiro atoms. The number of carbonyl (C=O) groups excluding carboxylic acids is 4. The van der Waals surface area contributed by atoms with Crippen LogP contribution < -0.4 is 11.1 Å². The van der Waals surface area contributed by atoms with Gasteiger partial charge in [0.25, 0.3) is 0 Å². The Morgan fingerprint density at radius 2 is 1.61 bits per heavy atom. The summed E-state index contributed by atoms with van der Waals surface area (Å²) in [5.74, 6) is -0.731. The van der Waals surface area contributed by atoms with Gasteiger partial charge in [-0.1, -0.05) is 60.2 Å². The smallest absolute Gasteiger partial charge is 0.246 e. The van der Waals surface area contributed by atoms with E-state index in [2.05, 4.69) is 5.32 Å². The van der Waals surface area contributed by atoms with Gasteiger partial charge in [0.05, 0.1) is 6.04 Å². The molecule has 0 radical (unpaired) electrons. The van der Waals surface area contributed by atoms with E-state index in [9.17, 15) is 19.2 Å². The molecule has 0 bridgehead atoms. The third kappa shape index (κ3) is 6.86. The van der Waals surface area contributed by atoms with Gasteiger partial charge in [0, 0.05) is 32.0 Å². The topological polar surface area (TPSA) is 113 Å². The van der Waals surface area contributed by atoms with Crippen LogP contribution in [0.2, 0.25) is 0 Å². The molecule has 0 aromatic heterocycles. The number of nitrogens with zero attached hydrogens (tertiary/aromatic N) is 2. The minimum absolute atomic E-state index is 0.0870. The van der Waals surface area contributed by atoms with Gasteiger partial charge in [-0.25, -0.2) is 0 Å². The van der Waals surface area contributed by atoms with Crippen LogP contribution in [0, 0.1) is 6.92 Å². The first-order valence-corrected chi connectivity index (χ1v) is 13.6. The normalized spacial score (nSPS) is 20.7. The zero-order valence-electron chi connectivity index (χ0n) is 22.1. The predicted molar refractivity (Wildman–Crippen MR) is 145 cm³/mol. The van der Waals surface area contributed by atoms with Crippen LogP contribution in [0.1, 0.15) is 48.8 Å². The Morgan fingerprint density at radius 3 is 2.32 bits per heavy atom. The fourth-order valence-electron chi connectivity index (χ4n) is 5.53. The number of benzene rings is 2. The number of nitrogens with two attached hydrogens (primary N) is 1.